The molecule has 2 heterocycles. The van der Waals surface area contributed by atoms with Gasteiger partial charge in [-0.05, 0) is 25.1 Å². The Morgan fingerprint density at radius 3 is 2.75 bits per heavy atom. The number of anilines is 1. The first kappa shape index (κ1) is 15.7. The van der Waals surface area contributed by atoms with E-state index < -0.39 is 18.3 Å². The SMILES string of the molecule is Cc1cc(C(=O)Nc2n[nH]c(-c3ccccc3F)n2)nn1C(F)F. The molecule has 24 heavy (non-hydrogen) atoms. The van der Waals surface area contributed by atoms with E-state index in [9.17, 15) is 18.0 Å². The van der Waals surface area contributed by atoms with E-state index in [-0.39, 0.29) is 28.7 Å². The lowest BCUT2D eigenvalue weighted by Gasteiger charge is -2.00. The van der Waals surface area contributed by atoms with Gasteiger partial charge >= 0.3 is 6.55 Å². The van der Waals surface area contributed by atoms with Crippen molar-refractivity contribution in [1.29, 1.82) is 0 Å². The van der Waals surface area contributed by atoms with Gasteiger partial charge in [-0.3, -0.25) is 15.2 Å². The molecular weight excluding hydrogens is 325 g/mol. The number of halogens is 3. The maximum absolute atomic E-state index is 13.7. The zero-order valence-corrected chi connectivity index (χ0v) is 12.3. The monoisotopic (exact) mass is 336 g/mol. The number of hydrogen-bond acceptors (Lipinski definition) is 4. The van der Waals surface area contributed by atoms with E-state index in [0.29, 0.717) is 4.68 Å². The first-order valence-corrected chi connectivity index (χ1v) is 6.78. The number of aromatic nitrogens is 5. The predicted octanol–water partition coefficient (Wildman–Crippen LogP) is 2.76. The van der Waals surface area contributed by atoms with Crippen LogP contribution in [0.25, 0.3) is 11.4 Å². The number of carbonyl (C=O) groups excluding carboxylic acids is 1. The summed E-state index contributed by atoms with van der Waals surface area (Å²) in [6.45, 7) is -1.44. The third-order valence-corrected chi connectivity index (χ3v) is 3.18. The van der Waals surface area contributed by atoms with Crippen LogP contribution in [-0.4, -0.2) is 30.9 Å². The van der Waals surface area contributed by atoms with E-state index in [1.807, 2.05) is 0 Å². The summed E-state index contributed by atoms with van der Waals surface area (Å²) in [7, 11) is 0. The molecule has 1 amide bonds. The van der Waals surface area contributed by atoms with Gasteiger partial charge in [-0.25, -0.2) is 9.07 Å². The van der Waals surface area contributed by atoms with Crippen molar-refractivity contribution in [3.63, 3.8) is 0 Å². The molecule has 1 aromatic carbocycles. The number of amides is 1. The van der Waals surface area contributed by atoms with Gasteiger partial charge in [0.05, 0.1) is 5.56 Å². The lowest BCUT2D eigenvalue weighted by atomic mass is 10.2. The Balaban J connectivity index is 1.79. The van der Waals surface area contributed by atoms with Gasteiger partial charge in [0.25, 0.3) is 5.91 Å². The number of aryl methyl sites for hydroxylation is 1. The number of alkyl halides is 2. The molecule has 0 atom stereocenters. The van der Waals surface area contributed by atoms with E-state index in [0.717, 1.165) is 0 Å². The largest absolute Gasteiger partial charge is 0.333 e. The van der Waals surface area contributed by atoms with Crippen LogP contribution in [0.5, 0.6) is 0 Å². The minimum Gasteiger partial charge on any atom is -0.288 e. The van der Waals surface area contributed by atoms with Crippen molar-refractivity contribution in [2.75, 3.05) is 5.32 Å². The Morgan fingerprint density at radius 1 is 1.33 bits per heavy atom. The van der Waals surface area contributed by atoms with Gasteiger partial charge in [-0.2, -0.15) is 18.9 Å². The fraction of sp³-hybridized carbons (Fsp3) is 0.143. The summed E-state index contributed by atoms with van der Waals surface area (Å²) in [5.41, 5.74) is 0.116. The van der Waals surface area contributed by atoms with Crippen LogP contribution in [0, 0.1) is 12.7 Å². The summed E-state index contributed by atoms with van der Waals surface area (Å²) in [5, 5.41) is 12.1. The molecule has 2 N–H and O–H groups in total. The van der Waals surface area contributed by atoms with Crippen LogP contribution in [0.2, 0.25) is 0 Å². The zero-order chi connectivity index (χ0) is 17.3. The number of benzene rings is 1. The van der Waals surface area contributed by atoms with Crippen LogP contribution >= 0.6 is 0 Å². The van der Waals surface area contributed by atoms with Gasteiger partial charge in [0.15, 0.2) is 11.5 Å². The third kappa shape index (κ3) is 2.98. The highest BCUT2D eigenvalue weighted by molar-refractivity contribution is 6.01. The summed E-state index contributed by atoms with van der Waals surface area (Å²) < 4.78 is 39.4. The minimum absolute atomic E-state index is 0.123. The second kappa shape index (κ2) is 6.14. The Labute approximate surface area is 133 Å². The van der Waals surface area contributed by atoms with Crippen molar-refractivity contribution in [2.45, 2.75) is 13.5 Å². The highest BCUT2D eigenvalue weighted by Crippen LogP contribution is 2.19. The quantitative estimate of drug-likeness (QED) is 0.767. The summed E-state index contributed by atoms with van der Waals surface area (Å²) in [4.78, 5) is 16.0. The predicted molar refractivity (Wildman–Crippen MR) is 77.9 cm³/mol. The normalized spacial score (nSPS) is 11.0. The average Bonchev–Trinajstić information content (AvgIpc) is 3.14. The van der Waals surface area contributed by atoms with Crippen molar-refractivity contribution < 1.29 is 18.0 Å². The molecule has 3 rings (SSSR count). The Bertz CT molecular complexity index is 888. The van der Waals surface area contributed by atoms with E-state index in [1.54, 1.807) is 6.07 Å². The minimum atomic E-state index is -2.84. The molecule has 124 valence electrons. The molecule has 0 fully saturated rings. The zero-order valence-electron chi connectivity index (χ0n) is 12.3. The van der Waals surface area contributed by atoms with Gasteiger partial charge in [0, 0.05) is 5.69 Å². The maximum Gasteiger partial charge on any atom is 0.333 e. The fourth-order valence-corrected chi connectivity index (χ4v) is 2.05. The van der Waals surface area contributed by atoms with Crippen molar-refractivity contribution in [1.82, 2.24) is 25.0 Å². The van der Waals surface area contributed by atoms with Crippen LogP contribution in [0.15, 0.2) is 30.3 Å². The molecule has 0 saturated carbocycles. The van der Waals surface area contributed by atoms with E-state index in [4.69, 9.17) is 0 Å². The summed E-state index contributed by atoms with van der Waals surface area (Å²) in [6, 6.07) is 7.12. The Kier molecular flexibility index (Phi) is 4.02. The molecule has 0 saturated heterocycles. The average molecular weight is 336 g/mol. The molecule has 7 nitrogen and oxygen atoms in total. The molecule has 3 aromatic rings. The first-order valence-electron chi connectivity index (χ1n) is 6.78. The number of nitrogens with zero attached hydrogens (tertiary/aromatic N) is 4. The molecule has 10 heteroatoms. The first-order chi connectivity index (χ1) is 11.5. The molecule has 0 spiro atoms. The maximum atomic E-state index is 13.7. The van der Waals surface area contributed by atoms with E-state index in [2.05, 4.69) is 25.6 Å². The molecular formula is C14H11F3N6O. The third-order valence-electron chi connectivity index (χ3n) is 3.18. The van der Waals surface area contributed by atoms with E-state index >= 15 is 0 Å². The van der Waals surface area contributed by atoms with Gasteiger partial charge in [0.2, 0.25) is 5.95 Å². The number of carbonyl (C=O) groups is 1. The Morgan fingerprint density at radius 2 is 2.08 bits per heavy atom. The lowest BCUT2D eigenvalue weighted by molar-refractivity contribution is 0.0540. The highest BCUT2D eigenvalue weighted by Gasteiger charge is 2.18. The van der Waals surface area contributed by atoms with Gasteiger partial charge in [-0.15, -0.1) is 5.10 Å². The second-order valence-corrected chi connectivity index (χ2v) is 4.83. The summed E-state index contributed by atoms with van der Waals surface area (Å²) >= 11 is 0. The van der Waals surface area contributed by atoms with Crippen LogP contribution < -0.4 is 5.32 Å². The number of H-pyrrole nitrogens is 1. The van der Waals surface area contributed by atoms with Crippen LogP contribution in [0.4, 0.5) is 19.1 Å². The van der Waals surface area contributed by atoms with Gasteiger partial charge in [0.1, 0.15) is 5.82 Å². The van der Waals surface area contributed by atoms with Crippen LogP contribution in [0.3, 0.4) is 0 Å². The number of hydrogen-bond donors (Lipinski definition) is 2. The molecule has 0 aliphatic carbocycles. The highest BCUT2D eigenvalue weighted by atomic mass is 19.3. The number of nitrogens with one attached hydrogen (secondary N) is 2. The molecule has 0 unspecified atom stereocenters. The van der Waals surface area contributed by atoms with Crippen LogP contribution in [-0.2, 0) is 0 Å². The number of rotatable bonds is 4. The van der Waals surface area contributed by atoms with Gasteiger partial charge in [-0.1, -0.05) is 12.1 Å². The van der Waals surface area contributed by atoms with Crippen LogP contribution in [0.1, 0.15) is 22.7 Å². The van der Waals surface area contributed by atoms with Crippen molar-refractivity contribution >= 4 is 11.9 Å². The topological polar surface area (TPSA) is 88.5 Å². The lowest BCUT2D eigenvalue weighted by Crippen LogP contribution is -2.14. The molecule has 2 aromatic heterocycles. The summed E-state index contributed by atoms with van der Waals surface area (Å²) in [5.74, 6) is -1.25. The molecule has 0 radical (unpaired) electrons. The Hall–Kier alpha value is -3.17. The molecule has 0 bridgehead atoms. The molecule has 0 aliphatic rings. The molecule has 0 aliphatic heterocycles. The smallest absolute Gasteiger partial charge is 0.288 e. The van der Waals surface area contributed by atoms with Crippen molar-refractivity contribution in [3.05, 3.63) is 47.5 Å². The summed E-state index contributed by atoms with van der Waals surface area (Å²) in [6.07, 6.45) is 0. The van der Waals surface area contributed by atoms with E-state index in [1.165, 1.54) is 31.2 Å². The van der Waals surface area contributed by atoms with Gasteiger partial charge < -0.3 is 0 Å². The van der Waals surface area contributed by atoms with Crippen molar-refractivity contribution in [2.24, 2.45) is 0 Å². The number of aromatic amines is 1. The van der Waals surface area contributed by atoms with Crippen molar-refractivity contribution in [3.8, 4) is 11.4 Å². The standard InChI is InChI=1S/C14H11F3N6O/c1-7-6-10(22-23(7)13(16)17)12(24)19-14-18-11(20-21-14)8-4-2-3-5-9(8)15/h2-6,13H,1H3,(H2,18,19,20,21,24). The fourth-order valence-electron chi connectivity index (χ4n) is 2.05. The second-order valence-electron chi connectivity index (χ2n) is 4.83.